The van der Waals surface area contributed by atoms with E-state index >= 15 is 0 Å². The molecular formula is C10H17N3O. The molecule has 0 spiro atoms. The lowest BCUT2D eigenvalue weighted by Crippen LogP contribution is -2.47. The highest BCUT2D eigenvalue weighted by atomic mass is 16.2. The standard InChI is InChI=1S/C10H17N3O/c1-10(2,3)8(11)9(14)12-13-6-4-5-7-13/h4-8H,11H2,1-3H3,(H,12,14)/t8-/m1/s1. The van der Waals surface area contributed by atoms with Gasteiger partial charge in [0.1, 0.15) is 0 Å². The van der Waals surface area contributed by atoms with Gasteiger partial charge in [0.25, 0.3) is 5.91 Å². The van der Waals surface area contributed by atoms with E-state index in [9.17, 15) is 4.79 Å². The van der Waals surface area contributed by atoms with Gasteiger partial charge >= 0.3 is 0 Å². The number of nitrogens with zero attached hydrogens (tertiary/aromatic N) is 1. The minimum Gasteiger partial charge on any atom is -0.319 e. The molecule has 0 radical (unpaired) electrons. The highest BCUT2D eigenvalue weighted by molar-refractivity contribution is 5.89. The third-order valence-electron chi connectivity index (χ3n) is 2.06. The average Bonchev–Trinajstić information content (AvgIpc) is 2.53. The summed E-state index contributed by atoms with van der Waals surface area (Å²) in [5.41, 5.74) is 8.24. The summed E-state index contributed by atoms with van der Waals surface area (Å²) in [6.45, 7) is 5.81. The van der Waals surface area contributed by atoms with Crippen LogP contribution in [0.4, 0.5) is 0 Å². The number of carbonyl (C=O) groups excluding carboxylic acids is 1. The van der Waals surface area contributed by atoms with E-state index in [0.29, 0.717) is 0 Å². The minimum atomic E-state index is -0.509. The maximum absolute atomic E-state index is 11.6. The van der Waals surface area contributed by atoms with E-state index < -0.39 is 6.04 Å². The number of nitrogens with one attached hydrogen (secondary N) is 1. The fourth-order valence-electron chi connectivity index (χ4n) is 0.999. The molecule has 78 valence electrons. The largest absolute Gasteiger partial charge is 0.319 e. The molecule has 1 aromatic rings. The topological polar surface area (TPSA) is 60.1 Å². The second-order valence-corrected chi connectivity index (χ2v) is 4.41. The number of hydrogen-bond donors (Lipinski definition) is 2. The highest BCUT2D eigenvalue weighted by Crippen LogP contribution is 2.17. The maximum atomic E-state index is 11.6. The van der Waals surface area contributed by atoms with Crippen LogP contribution in [-0.4, -0.2) is 16.6 Å². The summed E-state index contributed by atoms with van der Waals surface area (Å²) in [6, 6.07) is 3.16. The van der Waals surface area contributed by atoms with Gasteiger partial charge in [0.15, 0.2) is 0 Å². The number of nitrogens with two attached hydrogens (primary N) is 1. The van der Waals surface area contributed by atoms with Crippen molar-refractivity contribution in [2.24, 2.45) is 11.1 Å². The van der Waals surface area contributed by atoms with Crippen molar-refractivity contribution < 1.29 is 4.79 Å². The van der Waals surface area contributed by atoms with E-state index in [4.69, 9.17) is 5.73 Å². The van der Waals surface area contributed by atoms with Gasteiger partial charge in [0, 0.05) is 12.4 Å². The van der Waals surface area contributed by atoms with Crippen LogP contribution in [0.25, 0.3) is 0 Å². The second kappa shape index (κ2) is 3.84. The van der Waals surface area contributed by atoms with E-state index in [1.807, 2.05) is 32.9 Å². The van der Waals surface area contributed by atoms with Crippen molar-refractivity contribution in [3.05, 3.63) is 24.5 Å². The van der Waals surface area contributed by atoms with Crippen molar-refractivity contribution in [1.29, 1.82) is 0 Å². The summed E-state index contributed by atoms with van der Waals surface area (Å²) in [7, 11) is 0. The summed E-state index contributed by atoms with van der Waals surface area (Å²) < 4.78 is 1.59. The smallest absolute Gasteiger partial charge is 0.256 e. The lowest BCUT2D eigenvalue weighted by atomic mass is 9.87. The monoisotopic (exact) mass is 195 g/mol. The minimum absolute atomic E-state index is 0.172. The molecule has 0 fully saturated rings. The molecule has 0 aliphatic carbocycles. The van der Waals surface area contributed by atoms with Crippen LogP contribution < -0.4 is 11.2 Å². The quantitative estimate of drug-likeness (QED) is 0.737. The van der Waals surface area contributed by atoms with Gasteiger partial charge in [-0.3, -0.25) is 14.9 Å². The Labute approximate surface area is 84.1 Å². The number of aromatic nitrogens is 1. The zero-order chi connectivity index (χ0) is 10.8. The molecule has 0 aromatic carbocycles. The maximum Gasteiger partial charge on any atom is 0.256 e. The molecule has 1 heterocycles. The molecule has 1 rings (SSSR count). The molecule has 14 heavy (non-hydrogen) atoms. The molecule has 3 N–H and O–H groups in total. The van der Waals surface area contributed by atoms with Gasteiger partial charge < -0.3 is 5.73 Å². The number of carbonyl (C=O) groups is 1. The Morgan fingerprint density at radius 2 is 1.86 bits per heavy atom. The molecule has 4 heteroatoms. The third-order valence-corrected chi connectivity index (χ3v) is 2.06. The van der Waals surface area contributed by atoms with Gasteiger partial charge in [-0.15, -0.1) is 0 Å². The van der Waals surface area contributed by atoms with Crippen LogP contribution >= 0.6 is 0 Å². The van der Waals surface area contributed by atoms with Gasteiger partial charge in [-0.1, -0.05) is 20.8 Å². The molecule has 0 bridgehead atoms. The third kappa shape index (κ3) is 2.60. The highest BCUT2D eigenvalue weighted by Gasteiger charge is 2.27. The van der Waals surface area contributed by atoms with Crippen LogP contribution in [-0.2, 0) is 4.79 Å². The van der Waals surface area contributed by atoms with Crippen molar-refractivity contribution in [2.45, 2.75) is 26.8 Å². The molecule has 0 saturated heterocycles. The Morgan fingerprint density at radius 3 is 2.29 bits per heavy atom. The van der Waals surface area contributed by atoms with Gasteiger partial charge in [0.2, 0.25) is 0 Å². The van der Waals surface area contributed by atoms with Crippen LogP contribution in [0.1, 0.15) is 20.8 Å². The van der Waals surface area contributed by atoms with Gasteiger partial charge in [0.05, 0.1) is 6.04 Å². The zero-order valence-electron chi connectivity index (χ0n) is 8.82. The van der Waals surface area contributed by atoms with Gasteiger partial charge in [-0.05, 0) is 17.5 Å². The molecular weight excluding hydrogens is 178 g/mol. The van der Waals surface area contributed by atoms with Crippen molar-refractivity contribution in [3.63, 3.8) is 0 Å². The Balaban J connectivity index is 2.59. The van der Waals surface area contributed by atoms with Gasteiger partial charge in [-0.25, -0.2) is 0 Å². The Hall–Kier alpha value is -1.29. The Morgan fingerprint density at radius 1 is 1.36 bits per heavy atom. The number of rotatable bonds is 2. The zero-order valence-corrected chi connectivity index (χ0v) is 8.82. The summed E-state index contributed by atoms with van der Waals surface area (Å²) in [5, 5.41) is 0. The first kappa shape index (κ1) is 10.8. The van der Waals surface area contributed by atoms with Crippen LogP contribution in [0.5, 0.6) is 0 Å². The summed E-state index contributed by atoms with van der Waals surface area (Å²) in [5.74, 6) is -0.172. The molecule has 1 atom stereocenters. The first-order valence-corrected chi connectivity index (χ1v) is 4.60. The van der Waals surface area contributed by atoms with Crippen molar-refractivity contribution in [1.82, 2.24) is 4.68 Å². The summed E-state index contributed by atoms with van der Waals surface area (Å²) in [6.07, 6.45) is 3.51. The van der Waals surface area contributed by atoms with E-state index in [0.717, 1.165) is 0 Å². The first-order chi connectivity index (χ1) is 6.41. The second-order valence-electron chi connectivity index (χ2n) is 4.41. The number of amides is 1. The predicted octanol–water partition coefficient (Wildman–Crippen LogP) is 0.932. The van der Waals surface area contributed by atoms with Crippen LogP contribution in [0.3, 0.4) is 0 Å². The number of hydrogen-bond acceptors (Lipinski definition) is 2. The van der Waals surface area contributed by atoms with Crippen LogP contribution in [0, 0.1) is 5.41 Å². The molecule has 1 amide bonds. The van der Waals surface area contributed by atoms with E-state index in [-0.39, 0.29) is 11.3 Å². The molecule has 0 aliphatic rings. The van der Waals surface area contributed by atoms with Crippen LogP contribution in [0.15, 0.2) is 24.5 Å². The molecule has 0 unspecified atom stereocenters. The predicted molar refractivity (Wildman–Crippen MR) is 56.2 cm³/mol. The SMILES string of the molecule is CC(C)(C)[C@H](N)C(=O)Nn1cccc1. The molecule has 1 aromatic heterocycles. The molecule has 4 nitrogen and oxygen atoms in total. The van der Waals surface area contributed by atoms with E-state index in [1.54, 1.807) is 17.1 Å². The first-order valence-electron chi connectivity index (χ1n) is 4.60. The van der Waals surface area contributed by atoms with Gasteiger partial charge in [-0.2, -0.15) is 0 Å². The van der Waals surface area contributed by atoms with Crippen molar-refractivity contribution >= 4 is 5.91 Å². The Bertz CT molecular complexity index is 298. The fraction of sp³-hybridized carbons (Fsp3) is 0.500. The molecule has 0 saturated carbocycles. The fourth-order valence-corrected chi connectivity index (χ4v) is 0.999. The molecule has 0 aliphatic heterocycles. The normalized spacial score (nSPS) is 13.7. The lowest BCUT2D eigenvalue weighted by molar-refractivity contribution is -0.120. The summed E-state index contributed by atoms with van der Waals surface area (Å²) in [4.78, 5) is 11.6. The van der Waals surface area contributed by atoms with Crippen LogP contribution in [0.2, 0.25) is 0 Å². The van der Waals surface area contributed by atoms with Crippen molar-refractivity contribution in [2.75, 3.05) is 5.43 Å². The Kier molecular flexibility index (Phi) is 2.96. The van der Waals surface area contributed by atoms with E-state index in [1.165, 1.54) is 0 Å². The van der Waals surface area contributed by atoms with Crippen molar-refractivity contribution in [3.8, 4) is 0 Å². The average molecular weight is 195 g/mol. The lowest BCUT2D eigenvalue weighted by Gasteiger charge is -2.25. The van der Waals surface area contributed by atoms with E-state index in [2.05, 4.69) is 5.43 Å². The summed E-state index contributed by atoms with van der Waals surface area (Å²) >= 11 is 0.